The summed E-state index contributed by atoms with van der Waals surface area (Å²) in [5.74, 6) is 0.536. The number of likely N-dealkylation sites (tertiary alicyclic amines) is 1. The van der Waals surface area contributed by atoms with E-state index in [0.717, 1.165) is 19.4 Å². The zero-order valence-electron chi connectivity index (χ0n) is 15.3. The molecule has 1 aliphatic heterocycles. The van der Waals surface area contributed by atoms with Crippen LogP contribution >= 0.6 is 0 Å². The summed E-state index contributed by atoms with van der Waals surface area (Å²) in [6, 6.07) is 0.156. The lowest BCUT2D eigenvalue weighted by atomic mass is 10.2. The molecule has 0 spiro atoms. The third kappa shape index (κ3) is 8.21. The van der Waals surface area contributed by atoms with Gasteiger partial charge in [-0.15, -0.1) is 0 Å². The molecule has 1 saturated heterocycles. The Balaban J connectivity index is 2.25. The van der Waals surface area contributed by atoms with Crippen molar-refractivity contribution in [2.75, 3.05) is 26.2 Å². The van der Waals surface area contributed by atoms with Crippen LogP contribution in [0.4, 0.5) is 4.79 Å². The number of rotatable bonds is 7. The molecule has 1 unspecified atom stereocenters. The van der Waals surface area contributed by atoms with Gasteiger partial charge < -0.3 is 20.3 Å². The average Bonchev–Trinajstić information content (AvgIpc) is 2.88. The lowest BCUT2D eigenvalue weighted by Crippen LogP contribution is -2.44. The first-order chi connectivity index (χ1) is 10.7. The van der Waals surface area contributed by atoms with E-state index in [2.05, 4.69) is 24.5 Å². The minimum absolute atomic E-state index is 0.0709. The lowest BCUT2D eigenvalue weighted by Gasteiger charge is -2.28. The number of hydrogen-bond donors (Lipinski definition) is 2. The van der Waals surface area contributed by atoms with Crippen molar-refractivity contribution in [3.63, 3.8) is 0 Å². The smallest absolute Gasteiger partial charge is 0.410 e. The zero-order valence-corrected chi connectivity index (χ0v) is 15.3. The molecule has 2 amide bonds. The molecule has 1 rings (SSSR count). The molecule has 0 aliphatic carbocycles. The molecule has 0 saturated carbocycles. The monoisotopic (exact) mass is 327 g/mol. The molecule has 1 heterocycles. The van der Waals surface area contributed by atoms with Gasteiger partial charge in [0.15, 0.2) is 0 Å². The highest BCUT2D eigenvalue weighted by molar-refractivity contribution is 5.76. The van der Waals surface area contributed by atoms with E-state index in [4.69, 9.17) is 4.74 Å². The highest BCUT2D eigenvalue weighted by Crippen LogP contribution is 2.20. The molecule has 0 aromatic carbocycles. The fraction of sp³-hybridized carbons (Fsp3) is 0.882. The van der Waals surface area contributed by atoms with Crippen LogP contribution < -0.4 is 10.6 Å². The van der Waals surface area contributed by atoms with Gasteiger partial charge in [-0.2, -0.15) is 0 Å². The Morgan fingerprint density at radius 1 is 1.30 bits per heavy atom. The molecule has 0 aromatic rings. The Hall–Kier alpha value is -1.30. The normalized spacial score (nSPS) is 18.3. The predicted molar refractivity (Wildman–Crippen MR) is 91.3 cm³/mol. The van der Waals surface area contributed by atoms with Crippen molar-refractivity contribution in [1.29, 1.82) is 0 Å². The summed E-state index contributed by atoms with van der Waals surface area (Å²) in [5.41, 5.74) is -0.466. The van der Waals surface area contributed by atoms with Crippen molar-refractivity contribution in [2.45, 2.75) is 65.5 Å². The van der Waals surface area contributed by atoms with Gasteiger partial charge in [-0.1, -0.05) is 13.8 Å². The number of carbonyl (C=O) groups excluding carboxylic acids is 2. The third-order valence-electron chi connectivity index (χ3n) is 3.62. The molecule has 0 radical (unpaired) electrons. The van der Waals surface area contributed by atoms with Gasteiger partial charge in [-0.05, 0) is 39.5 Å². The number of hydrogen-bond acceptors (Lipinski definition) is 4. The van der Waals surface area contributed by atoms with E-state index in [1.54, 1.807) is 4.90 Å². The second-order valence-electron chi connectivity index (χ2n) is 7.62. The summed E-state index contributed by atoms with van der Waals surface area (Å²) < 4.78 is 5.45. The summed E-state index contributed by atoms with van der Waals surface area (Å²) >= 11 is 0. The lowest BCUT2D eigenvalue weighted by molar-refractivity contribution is -0.121. The molecule has 0 bridgehead atoms. The standard InChI is InChI=1S/C17H33N3O3/c1-13(2)11-19-15(21)8-9-18-12-14-7-6-10-20(14)16(22)23-17(3,4)5/h13-14,18H,6-12H2,1-5H3,(H,19,21). The van der Waals surface area contributed by atoms with E-state index >= 15 is 0 Å². The summed E-state index contributed by atoms with van der Waals surface area (Å²) in [4.78, 5) is 25.6. The second kappa shape index (κ2) is 9.11. The topological polar surface area (TPSA) is 70.7 Å². The number of nitrogens with one attached hydrogen (secondary N) is 2. The number of nitrogens with zero attached hydrogens (tertiary/aromatic N) is 1. The van der Waals surface area contributed by atoms with Crippen molar-refractivity contribution >= 4 is 12.0 Å². The van der Waals surface area contributed by atoms with Gasteiger partial charge in [0, 0.05) is 38.6 Å². The summed E-state index contributed by atoms with van der Waals surface area (Å²) in [7, 11) is 0. The van der Waals surface area contributed by atoms with E-state index in [0.29, 0.717) is 32.0 Å². The predicted octanol–water partition coefficient (Wildman–Crippen LogP) is 2.14. The molecule has 1 atom stereocenters. The van der Waals surface area contributed by atoms with Crippen LogP contribution in [0.15, 0.2) is 0 Å². The quantitative estimate of drug-likeness (QED) is 0.703. The highest BCUT2D eigenvalue weighted by Gasteiger charge is 2.31. The Bertz CT molecular complexity index is 391. The first kappa shape index (κ1) is 19.7. The van der Waals surface area contributed by atoms with E-state index in [1.165, 1.54) is 0 Å². The molecule has 1 fully saturated rings. The SMILES string of the molecule is CC(C)CNC(=O)CCNCC1CCCN1C(=O)OC(C)(C)C. The maximum absolute atomic E-state index is 12.2. The van der Waals surface area contributed by atoms with Crippen LogP contribution in [0.1, 0.15) is 53.9 Å². The average molecular weight is 327 g/mol. The first-order valence-corrected chi connectivity index (χ1v) is 8.66. The Kier molecular flexibility index (Phi) is 7.82. The van der Waals surface area contributed by atoms with Gasteiger partial charge >= 0.3 is 6.09 Å². The van der Waals surface area contributed by atoms with Crippen molar-refractivity contribution in [3.8, 4) is 0 Å². The number of amides is 2. The van der Waals surface area contributed by atoms with E-state index < -0.39 is 5.60 Å². The van der Waals surface area contributed by atoms with Crippen molar-refractivity contribution in [3.05, 3.63) is 0 Å². The van der Waals surface area contributed by atoms with E-state index in [1.807, 2.05) is 20.8 Å². The van der Waals surface area contributed by atoms with Crippen LogP contribution in [-0.2, 0) is 9.53 Å². The molecule has 23 heavy (non-hydrogen) atoms. The summed E-state index contributed by atoms with van der Waals surface area (Å²) in [5, 5.41) is 6.18. The Labute approximate surface area is 140 Å². The maximum Gasteiger partial charge on any atom is 0.410 e. The van der Waals surface area contributed by atoms with Gasteiger partial charge in [0.2, 0.25) is 5.91 Å². The molecular formula is C17H33N3O3. The van der Waals surface area contributed by atoms with Gasteiger partial charge in [0.1, 0.15) is 5.60 Å². The van der Waals surface area contributed by atoms with Crippen LogP contribution in [0.5, 0.6) is 0 Å². The van der Waals surface area contributed by atoms with Crippen LogP contribution in [0.2, 0.25) is 0 Å². The number of carbonyl (C=O) groups is 2. The molecule has 0 aromatic heterocycles. The van der Waals surface area contributed by atoms with Crippen LogP contribution in [0.25, 0.3) is 0 Å². The van der Waals surface area contributed by atoms with Crippen molar-refractivity contribution in [2.24, 2.45) is 5.92 Å². The van der Waals surface area contributed by atoms with Gasteiger partial charge in [-0.25, -0.2) is 4.79 Å². The molecular weight excluding hydrogens is 294 g/mol. The van der Waals surface area contributed by atoms with Crippen molar-refractivity contribution < 1.29 is 14.3 Å². The largest absolute Gasteiger partial charge is 0.444 e. The second-order valence-corrected chi connectivity index (χ2v) is 7.62. The van der Waals surface area contributed by atoms with E-state index in [9.17, 15) is 9.59 Å². The molecule has 1 aliphatic rings. The fourth-order valence-electron chi connectivity index (χ4n) is 2.49. The van der Waals surface area contributed by atoms with Gasteiger partial charge in [-0.3, -0.25) is 4.79 Å². The van der Waals surface area contributed by atoms with Crippen molar-refractivity contribution in [1.82, 2.24) is 15.5 Å². The minimum Gasteiger partial charge on any atom is -0.444 e. The molecule has 6 nitrogen and oxygen atoms in total. The fourth-order valence-corrected chi connectivity index (χ4v) is 2.49. The van der Waals surface area contributed by atoms with Gasteiger partial charge in [0.25, 0.3) is 0 Å². The molecule has 6 heteroatoms. The molecule has 134 valence electrons. The highest BCUT2D eigenvalue weighted by atomic mass is 16.6. The van der Waals surface area contributed by atoms with Crippen LogP contribution in [0.3, 0.4) is 0 Å². The molecule has 2 N–H and O–H groups in total. The number of ether oxygens (including phenoxy) is 1. The van der Waals surface area contributed by atoms with Gasteiger partial charge in [0.05, 0.1) is 0 Å². The summed E-state index contributed by atoms with van der Waals surface area (Å²) in [6.45, 7) is 12.6. The Morgan fingerprint density at radius 2 is 2.00 bits per heavy atom. The maximum atomic E-state index is 12.2. The first-order valence-electron chi connectivity index (χ1n) is 8.66. The Morgan fingerprint density at radius 3 is 2.61 bits per heavy atom. The van der Waals surface area contributed by atoms with Crippen LogP contribution in [0, 0.1) is 5.92 Å². The van der Waals surface area contributed by atoms with E-state index in [-0.39, 0.29) is 18.0 Å². The third-order valence-corrected chi connectivity index (χ3v) is 3.62. The van der Waals surface area contributed by atoms with Crippen LogP contribution in [-0.4, -0.2) is 54.7 Å². The summed E-state index contributed by atoms with van der Waals surface area (Å²) in [6.07, 6.45) is 2.20. The minimum atomic E-state index is -0.466. The zero-order chi connectivity index (χ0) is 17.5.